The summed E-state index contributed by atoms with van der Waals surface area (Å²) in [4.78, 5) is 20.0. The third kappa shape index (κ3) is 2.42. The van der Waals surface area contributed by atoms with Crippen LogP contribution < -0.4 is 17.0 Å². The lowest BCUT2D eigenvalue weighted by atomic mass is 9.92. The molecule has 3 aromatic rings. The molecule has 1 saturated carbocycles. The molecule has 2 aromatic heterocycles. The van der Waals surface area contributed by atoms with Gasteiger partial charge in [0.25, 0.3) is 5.56 Å². The van der Waals surface area contributed by atoms with Crippen LogP contribution in [0.4, 0.5) is 15.8 Å². The van der Waals surface area contributed by atoms with E-state index in [1.165, 1.54) is 12.1 Å². The highest BCUT2D eigenvalue weighted by molar-refractivity contribution is 6.05. The van der Waals surface area contributed by atoms with Crippen molar-refractivity contribution in [2.75, 3.05) is 11.5 Å². The summed E-state index contributed by atoms with van der Waals surface area (Å²) in [6.07, 6.45) is 4.95. The van der Waals surface area contributed by atoms with Crippen molar-refractivity contribution >= 4 is 28.6 Å². The van der Waals surface area contributed by atoms with Crippen LogP contribution in [-0.2, 0) is 5.41 Å². The van der Waals surface area contributed by atoms with E-state index in [1.807, 2.05) is 13.1 Å². The van der Waals surface area contributed by atoms with E-state index in [9.17, 15) is 9.18 Å². The van der Waals surface area contributed by atoms with E-state index >= 15 is 0 Å². The number of rotatable bonds is 3. The number of benzene rings is 1. The molecule has 1 fully saturated rings. The molecule has 0 amide bonds. The summed E-state index contributed by atoms with van der Waals surface area (Å²) < 4.78 is 13.9. The molecule has 2 heterocycles. The van der Waals surface area contributed by atoms with Crippen LogP contribution >= 0.6 is 0 Å². The molecule has 138 valence electrons. The van der Waals surface area contributed by atoms with E-state index in [0.29, 0.717) is 22.2 Å². The Bertz CT molecular complexity index is 1180. The van der Waals surface area contributed by atoms with Crippen molar-refractivity contribution in [2.45, 2.75) is 32.1 Å². The molecule has 0 spiro atoms. The van der Waals surface area contributed by atoms with Gasteiger partial charge in [-0.05, 0) is 47.9 Å². The first-order chi connectivity index (χ1) is 12.8. The van der Waals surface area contributed by atoms with Gasteiger partial charge in [0.15, 0.2) is 0 Å². The monoisotopic (exact) mass is 365 g/mol. The normalized spacial score (nSPS) is 15.1. The Labute approximate surface area is 154 Å². The number of aromatic nitrogens is 2. The zero-order valence-electron chi connectivity index (χ0n) is 15.1. The number of anilines is 2. The van der Waals surface area contributed by atoms with Gasteiger partial charge in [-0.2, -0.15) is 0 Å². The first-order valence-electron chi connectivity index (χ1n) is 8.69. The molecule has 0 radical (unpaired) electrons. The summed E-state index contributed by atoms with van der Waals surface area (Å²) in [5, 5.41) is 7.65. The van der Waals surface area contributed by atoms with Crippen LogP contribution in [0.2, 0.25) is 0 Å². The molecule has 6 nitrogen and oxygen atoms in total. The van der Waals surface area contributed by atoms with Gasteiger partial charge in [0.2, 0.25) is 0 Å². The number of nitrogens with two attached hydrogens (primary N) is 2. The number of hydrogen-bond donors (Lipinski definition) is 4. The summed E-state index contributed by atoms with van der Waals surface area (Å²) in [7, 11) is 0. The average molecular weight is 365 g/mol. The lowest BCUT2D eigenvalue weighted by Gasteiger charge is -2.18. The van der Waals surface area contributed by atoms with Crippen molar-refractivity contribution in [1.29, 1.82) is 5.41 Å². The summed E-state index contributed by atoms with van der Waals surface area (Å²) >= 11 is 0. The number of aryl methyl sites for hydroxylation is 1. The number of halogens is 1. The molecule has 6 N–H and O–H groups in total. The maximum atomic E-state index is 13.9. The molecule has 27 heavy (non-hydrogen) atoms. The van der Waals surface area contributed by atoms with Crippen LogP contribution in [0.3, 0.4) is 0 Å². The second-order valence-electron chi connectivity index (χ2n) is 7.39. The molecule has 0 unspecified atom stereocenters. The smallest absolute Gasteiger partial charge is 0.272 e. The number of H-pyrrole nitrogens is 1. The molecular weight excluding hydrogens is 345 g/mol. The van der Waals surface area contributed by atoms with Crippen LogP contribution in [0, 0.1) is 18.2 Å². The van der Waals surface area contributed by atoms with Crippen LogP contribution in [-0.4, -0.2) is 16.2 Å². The van der Waals surface area contributed by atoms with Gasteiger partial charge in [-0.3, -0.25) is 9.78 Å². The van der Waals surface area contributed by atoms with E-state index in [0.717, 1.165) is 30.2 Å². The van der Waals surface area contributed by atoms with Crippen molar-refractivity contribution in [3.63, 3.8) is 0 Å². The quantitative estimate of drug-likeness (QED) is 0.420. The predicted octanol–water partition coefficient (Wildman–Crippen LogP) is 3.25. The predicted molar refractivity (Wildman–Crippen MR) is 106 cm³/mol. The highest BCUT2D eigenvalue weighted by atomic mass is 19.1. The maximum Gasteiger partial charge on any atom is 0.272 e. The highest BCUT2D eigenvalue weighted by Crippen LogP contribution is 2.49. The van der Waals surface area contributed by atoms with Gasteiger partial charge in [0.05, 0.1) is 16.7 Å². The molecule has 0 bridgehead atoms. The zero-order valence-corrected chi connectivity index (χ0v) is 15.1. The van der Waals surface area contributed by atoms with Gasteiger partial charge < -0.3 is 21.9 Å². The minimum absolute atomic E-state index is 0.0334. The van der Waals surface area contributed by atoms with E-state index in [-0.39, 0.29) is 22.4 Å². The van der Waals surface area contributed by atoms with Crippen LogP contribution in [0.25, 0.3) is 22.2 Å². The number of fused-ring (bicyclic) bond motifs is 1. The van der Waals surface area contributed by atoms with Crippen LogP contribution in [0.15, 0.2) is 23.1 Å². The van der Waals surface area contributed by atoms with E-state index in [2.05, 4.69) is 16.9 Å². The molecule has 0 aliphatic heterocycles. The SMILES string of the molecule is Cc1c(C2(C)CC2)cnc2c(-c3ccc(F)c(N)c3C=N)c(N)c(=O)[nH]c12. The van der Waals surface area contributed by atoms with Gasteiger partial charge >= 0.3 is 0 Å². The minimum atomic E-state index is -0.627. The summed E-state index contributed by atoms with van der Waals surface area (Å²) in [5.74, 6) is -0.627. The zero-order chi connectivity index (χ0) is 19.5. The molecular formula is C20H20FN5O. The van der Waals surface area contributed by atoms with E-state index in [4.69, 9.17) is 16.9 Å². The van der Waals surface area contributed by atoms with Crippen molar-refractivity contribution in [1.82, 2.24) is 9.97 Å². The van der Waals surface area contributed by atoms with Gasteiger partial charge in [-0.15, -0.1) is 0 Å². The Morgan fingerprint density at radius 3 is 2.63 bits per heavy atom. The molecule has 0 atom stereocenters. The van der Waals surface area contributed by atoms with Gasteiger partial charge in [-0.25, -0.2) is 4.39 Å². The third-order valence-corrected chi connectivity index (χ3v) is 5.63. The molecule has 1 aliphatic carbocycles. The first kappa shape index (κ1) is 17.2. The number of aromatic amines is 1. The number of pyridine rings is 2. The lowest BCUT2D eigenvalue weighted by molar-refractivity contribution is 0.632. The first-order valence-corrected chi connectivity index (χ1v) is 8.69. The molecule has 7 heteroatoms. The third-order valence-electron chi connectivity index (χ3n) is 5.63. The fraction of sp³-hybridized carbons (Fsp3) is 0.250. The van der Waals surface area contributed by atoms with Gasteiger partial charge in [0.1, 0.15) is 11.5 Å². The Balaban J connectivity index is 2.12. The van der Waals surface area contributed by atoms with Crippen LogP contribution in [0.1, 0.15) is 36.5 Å². The fourth-order valence-electron chi connectivity index (χ4n) is 3.69. The van der Waals surface area contributed by atoms with Gasteiger partial charge in [-0.1, -0.05) is 13.0 Å². The molecule has 1 aliphatic rings. The topological polar surface area (TPSA) is 122 Å². The highest BCUT2D eigenvalue weighted by Gasteiger charge is 2.41. The van der Waals surface area contributed by atoms with Crippen molar-refractivity contribution < 1.29 is 4.39 Å². The summed E-state index contributed by atoms with van der Waals surface area (Å²) in [5.41, 5.74) is 15.5. The number of nitrogens with one attached hydrogen (secondary N) is 2. The minimum Gasteiger partial charge on any atom is -0.396 e. The van der Waals surface area contributed by atoms with Crippen molar-refractivity contribution in [3.8, 4) is 11.1 Å². The summed E-state index contributed by atoms with van der Waals surface area (Å²) in [6.45, 7) is 4.13. The van der Waals surface area contributed by atoms with Crippen molar-refractivity contribution in [2.24, 2.45) is 0 Å². The molecule has 1 aromatic carbocycles. The number of nitrogen functional groups attached to an aromatic ring is 2. The average Bonchev–Trinajstić information content (AvgIpc) is 3.38. The Morgan fingerprint density at radius 2 is 2.00 bits per heavy atom. The Hall–Kier alpha value is -3.22. The van der Waals surface area contributed by atoms with E-state index < -0.39 is 11.4 Å². The molecule has 4 rings (SSSR count). The second-order valence-corrected chi connectivity index (χ2v) is 7.39. The number of nitrogens with zero attached hydrogens (tertiary/aromatic N) is 1. The van der Waals surface area contributed by atoms with Gasteiger partial charge in [0, 0.05) is 23.5 Å². The Kier molecular flexibility index (Phi) is 3.59. The fourth-order valence-corrected chi connectivity index (χ4v) is 3.69. The maximum absolute atomic E-state index is 13.9. The Morgan fingerprint density at radius 1 is 1.30 bits per heavy atom. The summed E-state index contributed by atoms with van der Waals surface area (Å²) in [6, 6.07) is 2.68. The number of hydrogen-bond acceptors (Lipinski definition) is 5. The standard InChI is InChI=1S/C20H20FN5O/c1-9-12(20(2)5-6-20)8-25-18-14(16(24)19(27)26-17(9)18)10-3-4-13(21)15(23)11(10)7-22/h3-4,7-8,22H,5-6,23-24H2,1-2H3,(H,26,27). The molecule has 0 saturated heterocycles. The van der Waals surface area contributed by atoms with Crippen molar-refractivity contribution in [3.05, 3.63) is 51.2 Å². The second kappa shape index (κ2) is 5.64. The van der Waals surface area contributed by atoms with E-state index in [1.54, 1.807) is 0 Å². The van der Waals surface area contributed by atoms with Crippen LogP contribution in [0.5, 0.6) is 0 Å². The largest absolute Gasteiger partial charge is 0.396 e. The lowest BCUT2D eigenvalue weighted by Crippen LogP contribution is -2.16.